The molecule has 1 aromatic carbocycles. The molecule has 0 N–H and O–H groups in total. The summed E-state index contributed by atoms with van der Waals surface area (Å²) in [7, 11) is 0. The summed E-state index contributed by atoms with van der Waals surface area (Å²) in [4.78, 5) is 22.3. The van der Waals surface area contributed by atoms with Gasteiger partial charge in [0.2, 0.25) is 0 Å². The summed E-state index contributed by atoms with van der Waals surface area (Å²) >= 11 is 1.68. The van der Waals surface area contributed by atoms with Gasteiger partial charge in [0, 0.05) is 41.5 Å². The normalized spacial score (nSPS) is 18.3. The summed E-state index contributed by atoms with van der Waals surface area (Å²) in [6.45, 7) is 12.0. The van der Waals surface area contributed by atoms with Crippen molar-refractivity contribution >= 4 is 22.9 Å². The topological polar surface area (TPSA) is 37.6 Å². The molecule has 0 bridgehead atoms. The monoisotopic (exact) mass is 411 g/mol. The zero-order valence-corrected chi connectivity index (χ0v) is 19.0. The van der Waals surface area contributed by atoms with Crippen LogP contribution in [0.15, 0.2) is 29.3 Å². The molecule has 1 saturated carbocycles. The van der Waals surface area contributed by atoms with Crippen molar-refractivity contribution in [1.29, 1.82) is 0 Å². The number of hydrogen-bond donors (Lipinski definition) is 0. The lowest BCUT2D eigenvalue weighted by molar-refractivity contribution is 0.0997. The number of amides is 1. The van der Waals surface area contributed by atoms with Gasteiger partial charge in [-0.1, -0.05) is 26.8 Å². The highest BCUT2D eigenvalue weighted by atomic mass is 32.1. The third kappa shape index (κ3) is 4.66. The van der Waals surface area contributed by atoms with Crippen LogP contribution in [-0.2, 0) is 12.0 Å². The third-order valence-electron chi connectivity index (χ3n) is 5.99. The second-order valence-corrected chi connectivity index (χ2v) is 10.6. The summed E-state index contributed by atoms with van der Waals surface area (Å²) in [5, 5.41) is 0. The number of piperidine rings is 1. The molecule has 0 radical (unpaired) electrons. The van der Waals surface area contributed by atoms with Crippen molar-refractivity contribution in [3.63, 3.8) is 0 Å². The smallest absolute Gasteiger partial charge is 0.279 e. The summed E-state index contributed by atoms with van der Waals surface area (Å²) in [6.07, 6.45) is 6.34. The molecule has 29 heavy (non-hydrogen) atoms. The number of carbonyl (C=O) groups excluding carboxylic acids is 1. The van der Waals surface area contributed by atoms with Crippen molar-refractivity contribution in [2.75, 3.05) is 18.0 Å². The summed E-state index contributed by atoms with van der Waals surface area (Å²) in [5.74, 6) is 0.614. The molecule has 0 spiro atoms. The molecule has 0 unspecified atom stereocenters. The number of thiazole rings is 1. The quantitative estimate of drug-likeness (QED) is 0.685. The second-order valence-electron chi connectivity index (χ2n) is 9.62. The van der Waals surface area contributed by atoms with Gasteiger partial charge in [0.05, 0.1) is 0 Å². The predicted octanol–water partition coefficient (Wildman–Crippen LogP) is 5.30. The Balaban J connectivity index is 1.67. The minimum atomic E-state index is -0.130. The van der Waals surface area contributed by atoms with Crippen LogP contribution >= 0.6 is 11.3 Å². The van der Waals surface area contributed by atoms with Gasteiger partial charge in [0.1, 0.15) is 0 Å². The van der Waals surface area contributed by atoms with Crippen molar-refractivity contribution in [1.82, 2.24) is 4.57 Å². The Morgan fingerprint density at radius 1 is 1.17 bits per heavy atom. The molecule has 1 saturated heterocycles. The standard InChI is InChI=1S/C24H33N3OS/c1-17-21(24(2,3)4)29-23(27(17)16-18-11-12-18)25-22(28)19-9-8-10-20(15-19)26-13-6-5-7-14-26/h8-10,15,18H,5-7,11-14,16H2,1-4H3/b25-23-. The number of nitrogens with zero attached hydrogens (tertiary/aromatic N) is 3. The van der Waals surface area contributed by atoms with E-state index in [2.05, 4.69) is 48.2 Å². The minimum Gasteiger partial charge on any atom is -0.372 e. The number of hydrogen-bond acceptors (Lipinski definition) is 3. The van der Waals surface area contributed by atoms with E-state index in [-0.39, 0.29) is 11.3 Å². The van der Waals surface area contributed by atoms with E-state index in [0.29, 0.717) is 5.56 Å². The van der Waals surface area contributed by atoms with Gasteiger partial charge in [-0.3, -0.25) is 4.79 Å². The van der Waals surface area contributed by atoms with E-state index in [0.717, 1.165) is 36.0 Å². The lowest BCUT2D eigenvalue weighted by Crippen LogP contribution is -2.29. The average Bonchev–Trinajstić information content (AvgIpc) is 3.47. The van der Waals surface area contributed by atoms with E-state index in [1.165, 1.54) is 42.7 Å². The minimum absolute atomic E-state index is 0.0606. The van der Waals surface area contributed by atoms with Crippen molar-refractivity contribution < 1.29 is 4.79 Å². The van der Waals surface area contributed by atoms with Gasteiger partial charge in [-0.05, 0) is 68.6 Å². The largest absolute Gasteiger partial charge is 0.372 e. The SMILES string of the molecule is Cc1c(C(C)(C)C)s/c(=N\C(=O)c2cccc(N3CCCCC3)c2)n1CC1CC1. The number of aromatic nitrogens is 1. The number of rotatable bonds is 4. The van der Waals surface area contributed by atoms with E-state index in [1.54, 1.807) is 11.3 Å². The van der Waals surface area contributed by atoms with E-state index in [9.17, 15) is 4.79 Å². The first-order valence-electron chi connectivity index (χ1n) is 11.0. The van der Waals surface area contributed by atoms with E-state index >= 15 is 0 Å². The molecular formula is C24H33N3OS. The van der Waals surface area contributed by atoms with E-state index < -0.39 is 0 Å². The second kappa shape index (κ2) is 8.10. The molecular weight excluding hydrogens is 378 g/mol. The molecule has 2 fully saturated rings. The van der Waals surface area contributed by atoms with Crippen molar-refractivity contribution in [2.24, 2.45) is 10.9 Å². The average molecular weight is 412 g/mol. The molecule has 1 aromatic heterocycles. The molecule has 2 heterocycles. The third-order valence-corrected chi connectivity index (χ3v) is 7.59. The Bertz CT molecular complexity index is 953. The van der Waals surface area contributed by atoms with Crippen LogP contribution in [0.25, 0.3) is 0 Å². The van der Waals surface area contributed by atoms with Crippen molar-refractivity contribution in [3.05, 3.63) is 45.2 Å². The Kier molecular flexibility index (Phi) is 5.69. The maximum absolute atomic E-state index is 13.1. The highest BCUT2D eigenvalue weighted by Crippen LogP contribution is 2.33. The molecule has 0 atom stereocenters. The van der Waals surface area contributed by atoms with Crippen LogP contribution in [0.5, 0.6) is 0 Å². The van der Waals surface area contributed by atoms with Crippen molar-refractivity contribution in [2.45, 2.75) is 71.8 Å². The fourth-order valence-corrected chi connectivity index (χ4v) is 5.37. The Morgan fingerprint density at radius 3 is 2.55 bits per heavy atom. The first kappa shape index (κ1) is 20.4. The fraction of sp³-hybridized carbons (Fsp3) is 0.583. The van der Waals surface area contributed by atoms with E-state index in [4.69, 9.17) is 0 Å². The molecule has 156 valence electrons. The van der Waals surface area contributed by atoms with Crippen LogP contribution in [0.2, 0.25) is 0 Å². The van der Waals surface area contributed by atoms with Crippen LogP contribution in [0.4, 0.5) is 5.69 Å². The molecule has 1 aliphatic carbocycles. The number of carbonyl (C=O) groups is 1. The van der Waals surface area contributed by atoms with Gasteiger partial charge >= 0.3 is 0 Å². The van der Waals surface area contributed by atoms with Gasteiger partial charge in [0.15, 0.2) is 4.80 Å². The maximum Gasteiger partial charge on any atom is 0.279 e. The molecule has 5 heteroatoms. The molecule has 2 aromatic rings. The zero-order chi connectivity index (χ0) is 20.6. The number of anilines is 1. The van der Waals surface area contributed by atoms with Crippen LogP contribution in [0.3, 0.4) is 0 Å². The van der Waals surface area contributed by atoms with Gasteiger partial charge < -0.3 is 9.47 Å². The highest BCUT2D eigenvalue weighted by molar-refractivity contribution is 7.09. The Hall–Kier alpha value is -1.88. The van der Waals surface area contributed by atoms with Gasteiger partial charge in [-0.15, -0.1) is 11.3 Å². The maximum atomic E-state index is 13.1. The molecule has 1 aliphatic heterocycles. The van der Waals surface area contributed by atoms with Crippen LogP contribution in [0, 0.1) is 12.8 Å². The summed E-state index contributed by atoms with van der Waals surface area (Å²) in [5.41, 5.74) is 3.16. The fourth-order valence-electron chi connectivity index (χ4n) is 4.18. The van der Waals surface area contributed by atoms with Crippen molar-refractivity contribution in [3.8, 4) is 0 Å². The Labute approximate surface area is 178 Å². The van der Waals surface area contributed by atoms with Crippen LogP contribution < -0.4 is 9.70 Å². The van der Waals surface area contributed by atoms with Gasteiger partial charge in [-0.2, -0.15) is 4.99 Å². The van der Waals surface area contributed by atoms with Gasteiger partial charge in [0.25, 0.3) is 5.91 Å². The first-order chi connectivity index (χ1) is 13.8. The lowest BCUT2D eigenvalue weighted by Gasteiger charge is -2.28. The molecule has 4 nitrogen and oxygen atoms in total. The van der Waals surface area contributed by atoms with Gasteiger partial charge in [-0.25, -0.2) is 0 Å². The molecule has 4 rings (SSSR count). The molecule has 1 amide bonds. The zero-order valence-electron chi connectivity index (χ0n) is 18.2. The molecule has 2 aliphatic rings. The first-order valence-corrected chi connectivity index (χ1v) is 11.8. The predicted molar refractivity (Wildman–Crippen MR) is 121 cm³/mol. The highest BCUT2D eigenvalue weighted by Gasteiger charge is 2.27. The summed E-state index contributed by atoms with van der Waals surface area (Å²) < 4.78 is 2.29. The van der Waals surface area contributed by atoms with Crippen LogP contribution in [-0.4, -0.2) is 23.6 Å². The van der Waals surface area contributed by atoms with Crippen LogP contribution in [0.1, 0.15) is 73.8 Å². The Morgan fingerprint density at radius 2 is 1.90 bits per heavy atom. The van der Waals surface area contributed by atoms with E-state index in [1.807, 2.05) is 18.2 Å². The summed E-state index contributed by atoms with van der Waals surface area (Å²) in [6, 6.07) is 8.02. The number of benzene rings is 1. The lowest BCUT2D eigenvalue weighted by atomic mass is 9.93.